The molecule has 0 aliphatic carbocycles. The number of nitriles is 1. The number of halogens is 2. The number of anilines is 1. The Bertz CT molecular complexity index is 523. The van der Waals surface area contributed by atoms with E-state index in [2.05, 4.69) is 4.72 Å². The van der Waals surface area contributed by atoms with Crippen LogP contribution in [-0.4, -0.2) is 20.1 Å². The van der Waals surface area contributed by atoms with Gasteiger partial charge >= 0.3 is 0 Å². The lowest BCUT2D eigenvalue weighted by Crippen LogP contribution is -2.17. The van der Waals surface area contributed by atoms with E-state index < -0.39 is 10.0 Å². The van der Waals surface area contributed by atoms with Crippen LogP contribution in [0, 0.1) is 11.3 Å². The van der Waals surface area contributed by atoms with Crippen molar-refractivity contribution in [2.24, 2.45) is 0 Å². The number of benzene rings is 1. The summed E-state index contributed by atoms with van der Waals surface area (Å²) in [5, 5.41) is 8.99. The molecule has 0 aliphatic heterocycles. The largest absolute Gasteiger partial charge is 0.283 e. The summed E-state index contributed by atoms with van der Waals surface area (Å²) in [6.45, 7) is 0. The maximum Gasteiger partial charge on any atom is 0.233 e. The summed E-state index contributed by atoms with van der Waals surface area (Å²) in [6.07, 6.45) is 0. The molecule has 16 heavy (non-hydrogen) atoms. The Morgan fingerprint density at radius 1 is 1.44 bits per heavy atom. The third kappa shape index (κ3) is 3.56. The zero-order valence-electron chi connectivity index (χ0n) is 8.07. The number of rotatable bonds is 4. The molecule has 1 aromatic rings. The van der Waals surface area contributed by atoms with Crippen LogP contribution in [0.1, 0.15) is 5.56 Å². The second-order valence-electron chi connectivity index (χ2n) is 2.92. The lowest BCUT2D eigenvalue weighted by Gasteiger charge is -2.07. The van der Waals surface area contributed by atoms with Crippen LogP contribution in [0.3, 0.4) is 0 Å². The highest BCUT2D eigenvalue weighted by Gasteiger charge is 2.10. The van der Waals surface area contributed by atoms with Crippen LogP contribution in [0.2, 0.25) is 5.02 Å². The Balaban J connectivity index is 2.96. The number of alkyl halides is 1. The highest BCUT2D eigenvalue weighted by Crippen LogP contribution is 2.20. The molecule has 1 N–H and O–H groups in total. The first-order valence-corrected chi connectivity index (χ1v) is 6.81. The van der Waals surface area contributed by atoms with E-state index in [1.54, 1.807) is 0 Å². The average Bonchev–Trinajstić information content (AvgIpc) is 2.20. The van der Waals surface area contributed by atoms with Crippen molar-refractivity contribution in [1.29, 1.82) is 5.26 Å². The molecule has 0 atom stereocenters. The zero-order valence-corrected chi connectivity index (χ0v) is 10.4. The molecule has 0 radical (unpaired) electrons. The van der Waals surface area contributed by atoms with E-state index in [0.29, 0.717) is 5.69 Å². The molecule has 86 valence electrons. The van der Waals surface area contributed by atoms with Gasteiger partial charge in [-0.3, -0.25) is 4.72 Å². The fourth-order valence-electron chi connectivity index (χ4n) is 1.01. The Morgan fingerprint density at radius 3 is 2.69 bits per heavy atom. The molecule has 1 rings (SSSR count). The molecule has 0 saturated carbocycles. The first kappa shape index (κ1) is 13.1. The van der Waals surface area contributed by atoms with Crippen molar-refractivity contribution in [1.82, 2.24) is 0 Å². The summed E-state index contributed by atoms with van der Waals surface area (Å²) in [6, 6.07) is 6.17. The monoisotopic (exact) mass is 278 g/mol. The van der Waals surface area contributed by atoms with Gasteiger partial charge in [0.15, 0.2) is 0 Å². The Morgan fingerprint density at radius 2 is 2.12 bits per heavy atom. The number of hydrogen-bond acceptors (Lipinski definition) is 3. The fraction of sp³-hybridized carbons (Fsp3) is 0.222. The van der Waals surface area contributed by atoms with E-state index >= 15 is 0 Å². The Hall–Kier alpha value is -0.960. The zero-order chi connectivity index (χ0) is 12.2. The van der Waals surface area contributed by atoms with E-state index in [9.17, 15) is 8.42 Å². The van der Waals surface area contributed by atoms with Crippen LogP contribution in [0.4, 0.5) is 5.69 Å². The van der Waals surface area contributed by atoms with Crippen LogP contribution >= 0.6 is 23.2 Å². The lowest BCUT2D eigenvalue weighted by atomic mass is 10.2. The van der Waals surface area contributed by atoms with Gasteiger partial charge < -0.3 is 0 Å². The van der Waals surface area contributed by atoms with E-state index in [1.165, 1.54) is 18.2 Å². The topological polar surface area (TPSA) is 70.0 Å². The van der Waals surface area contributed by atoms with Crippen LogP contribution < -0.4 is 4.72 Å². The van der Waals surface area contributed by atoms with Gasteiger partial charge in [0.2, 0.25) is 10.0 Å². The summed E-state index contributed by atoms with van der Waals surface area (Å²) in [5.74, 6) is -0.174. The highest BCUT2D eigenvalue weighted by atomic mass is 35.5. The van der Waals surface area contributed by atoms with Crippen molar-refractivity contribution < 1.29 is 8.42 Å². The van der Waals surface area contributed by atoms with Gasteiger partial charge in [0.1, 0.15) is 6.07 Å². The Labute approximate surface area is 104 Å². The molecule has 0 bridgehead atoms. The highest BCUT2D eigenvalue weighted by molar-refractivity contribution is 7.92. The molecule has 7 heteroatoms. The third-order valence-electron chi connectivity index (χ3n) is 1.71. The van der Waals surface area contributed by atoms with Crippen molar-refractivity contribution in [3.63, 3.8) is 0 Å². The number of nitrogens with one attached hydrogen (secondary N) is 1. The third-order valence-corrected chi connectivity index (χ3v) is 3.74. The molecule has 0 spiro atoms. The van der Waals surface area contributed by atoms with Crippen LogP contribution in [0.15, 0.2) is 18.2 Å². The average molecular weight is 279 g/mol. The second kappa shape index (κ2) is 5.39. The standard InChI is InChI=1S/C9H8Cl2N2O2S/c10-3-4-16(14,15)13-8-1-2-9(11)7(5-8)6-12/h1-2,5,13H,3-4H2. The smallest absolute Gasteiger partial charge is 0.233 e. The van der Waals surface area contributed by atoms with Crippen LogP contribution in [0.5, 0.6) is 0 Å². The normalized spacial score (nSPS) is 10.8. The van der Waals surface area contributed by atoms with Crippen molar-refractivity contribution >= 4 is 38.9 Å². The minimum absolute atomic E-state index is 0.00797. The fourth-order valence-corrected chi connectivity index (χ4v) is 2.57. The van der Waals surface area contributed by atoms with E-state index in [1.807, 2.05) is 6.07 Å². The van der Waals surface area contributed by atoms with Gasteiger partial charge in [0, 0.05) is 11.6 Å². The summed E-state index contributed by atoms with van der Waals surface area (Å²) in [4.78, 5) is 0. The minimum atomic E-state index is -3.46. The van der Waals surface area contributed by atoms with E-state index in [-0.39, 0.29) is 22.2 Å². The van der Waals surface area contributed by atoms with Crippen molar-refractivity contribution in [3.8, 4) is 6.07 Å². The van der Waals surface area contributed by atoms with Gasteiger partial charge in [-0.1, -0.05) is 11.6 Å². The molecule has 0 aromatic heterocycles. The quantitative estimate of drug-likeness (QED) is 0.859. The summed E-state index contributed by atoms with van der Waals surface area (Å²) >= 11 is 11.1. The summed E-state index contributed by atoms with van der Waals surface area (Å²) in [5.41, 5.74) is 0.513. The van der Waals surface area contributed by atoms with Gasteiger partial charge in [-0.25, -0.2) is 8.42 Å². The van der Waals surface area contributed by atoms with Gasteiger partial charge in [0.25, 0.3) is 0 Å². The molecule has 0 amide bonds. The van der Waals surface area contributed by atoms with Gasteiger partial charge in [-0.2, -0.15) is 5.26 Å². The minimum Gasteiger partial charge on any atom is -0.283 e. The first-order valence-electron chi connectivity index (χ1n) is 4.24. The van der Waals surface area contributed by atoms with Crippen molar-refractivity contribution in [2.75, 3.05) is 16.4 Å². The van der Waals surface area contributed by atoms with Gasteiger partial charge in [0.05, 0.1) is 16.3 Å². The SMILES string of the molecule is N#Cc1cc(NS(=O)(=O)CCCl)ccc1Cl. The molecule has 0 fully saturated rings. The van der Waals surface area contributed by atoms with E-state index in [4.69, 9.17) is 28.5 Å². The van der Waals surface area contributed by atoms with E-state index in [0.717, 1.165) is 0 Å². The maximum atomic E-state index is 11.4. The van der Waals surface area contributed by atoms with Gasteiger partial charge in [-0.05, 0) is 18.2 Å². The number of sulfonamides is 1. The predicted molar refractivity (Wildman–Crippen MR) is 64.3 cm³/mol. The summed E-state index contributed by atoms with van der Waals surface area (Å²) < 4.78 is 25.0. The van der Waals surface area contributed by atoms with Crippen LogP contribution in [0.25, 0.3) is 0 Å². The predicted octanol–water partition coefficient (Wildman–Crippen LogP) is 2.19. The molecule has 1 aromatic carbocycles. The first-order chi connectivity index (χ1) is 7.48. The summed E-state index contributed by atoms with van der Waals surface area (Å²) in [7, 11) is -3.46. The molecule has 0 saturated heterocycles. The molecule has 0 unspecified atom stereocenters. The molecular weight excluding hydrogens is 271 g/mol. The second-order valence-corrected chi connectivity index (χ2v) is 5.54. The maximum absolute atomic E-state index is 11.4. The van der Waals surface area contributed by atoms with Gasteiger partial charge in [-0.15, -0.1) is 11.6 Å². The number of nitrogens with zero attached hydrogens (tertiary/aromatic N) is 1. The van der Waals surface area contributed by atoms with Crippen molar-refractivity contribution in [3.05, 3.63) is 28.8 Å². The molecule has 0 aliphatic rings. The molecule has 0 heterocycles. The van der Waals surface area contributed by atoms with Crippen LogP contribution in [-0.2, 0) is 10.0 Å². The van der Waals surface area contributed by atoms with Crippen molar-refractivity contribution in [2.45, 2.75) is 0 Å². The number of hydrogen-bond donors (Lipinski definition) is 1. The lowest BCUT2D eigenvalue weighted by molar-refractivity contribution is 0.602. The molecular formula is C9H8Cl2N2O2S. The Kier molecular flexibility index (Phi) is 4.42. The molecule has 4 nitrogen and oxygen atoms in total.